The Morgan fingerprint density at radius 1 is 1.08 bits per heavy atom. The van der Waals surface area contributed by atoms with Gasteiger partial charge in [-0.15, -0.1) is 0 Å². The number of benzene rings is 2. The Balaban J connectivity index is 1.71. The number of rotatable bonds is 5. The Kier molecular flexibility index (Phi) is 4.99. The topological polar surface area (TPSA) is 64.6 Å². The molecule has 0 bridgehead atoms. The number of fused-ring (bicyclic) bond motifs is 1. The molecule has 0 aliphatic carbocycles. The third-order valence-corrected chi connectivity index (χ3v) is 5.37. The Labute approximate surface area is 146 Å². The van der Waals surface area contributed by atoms with Gasteiger partial charge in [0.15, 0.2) is 11.5 Å². The van der Waals surface area contributed by atoms with Crippen LogP contribution in [0.5, 0.6) is 11.5 Å². The van der Waals surface area contributed by atoms with Gasteiger partial charge in [-0.1, -0.05) is 29.8 Å². The maximum Gasteiger partial charge on any atom is 0.216 e. The van der Waals surface area contributed by atoms with Crippen LogP contribution in [0.1, 0.15) is 24.1 Å². The third kappa shape index (κ3) is 4.20. The van der Waals surface area contributed by atoms with Gasteiger partial charge in [0, 0.05) is 11.1 Å². The molecular weight excluding hydrogens is 350 g/mol. The average molecular weight is 368 g/mol. The average Bonchev–Trinajstić information content (AvgIpc) is 2.56. The molecule has 0 radical (unpaired) electrons. The summed E-state index contributed by atoms with van der Waals surface area (Å²) in [7, 11) is -3.48. The maximum absolute atomic E-state index is 12.4. The van der Waals surface area contributed by atoms with Crippen LogP contribution in [0.4, 0.5) is 0 Å². The van der Waals surface area contributed by atoms with Gasteiger partial charge in [-0.05, 0) is 42.3 Å². The molecule has 0 amide bonds. The van der Waals surface area contributed by atoms with Gasteiger partial charge in [0.05, 0.1) is 5.75 Å². The first kappa shape index (κ1) is 17.1. The van der Waals surface area contributed by atoms with E-state index in [1.165, 1.54) is 0 Å². The summed E-state index contributed by atoms with van der Waals surface area (Å²) >= 11 is 5.82. The summed E-state index contributed by atoms with van der Waals surface area (Å²) in [4.78, 5) is 0. The first-order valence-corrected chi connectivity index (χ1v) is 9.60. The molecule has 2 aromatic carbocycles. The van der Waals surface area contributed by atoms with E-state index in [1.54, 1.807) is 37.3 Å². The van der Waals surface area contributed by atoms with Crippen LogP contribution in [0.2, 0.25) is 5.02 Å². The highest BCUT2D eigenvalue weighted by atomic mass is 35.5. The fourth-order valence-corrected chi connectivity index (χ4v) is 4.02. The summed E-state index contributed by atoms with van der Waals surface area (Å²) in [5, 5.41) is 0.578. The van der Waals surface area contributed by atoms with Gasteiger partial charge in [-0.3, -0.25) is 0 Å². The normalized spacial score (nSPS) is 15.1. The molecule has 0 saturated carbocycles. The van der Waals surface area contributed by atoms with Gasteiger partial charge in [0.2, 0.25) is 10.0 Å². The SMILES string of the molecule is C[C@@H](NS(=O)(=O)Cc1ccc(Cl)cc1)c1ccc2c(c1)OCCO2. The number of nitrogens with one attached hydrogen (secondary N) is 1. The van der Waals surface area contributed by atoms with Crippen molar-refractivity contribution >= 4 is 21.6 Å². The van der Waals surface area contributed by atoms with Crippen molar-refractivity contribution in [1.29, 1.82) is 0 Å². The van der Waals surface area contributed by atoms with Gasteiger partial charge in [0.25, 0.3) is 0 Å². The van der Waals surface area contributed by atoms with Gasteiger partial charge >= 0.3 is 0 Å². The van der Waals surface area contributed by atoms with Crippen molar-refractivity contribution < 1.29 is 17.9 Å². The van der Waals surface area contributed by atoms with Crippen molar-refractivity contribution in [3.05, 3.63) is 58.6 Å². The molecule has 0 aromatic heterocycles. The molecule has 0 unspecified atom stereocenters. The van der Waals surface area contributed by atoms with Crippen LogP contribution < -0.4 is 14.2 Å². The van der Waals surface area contributed by atoms with Crippen LogP contribution in [0.3, 0.4) is 0 Å². The second-order valence-corrected chi connectivity index (χ2v) is 7.82. The Morgan fingerprint density at radius 2 is 1.75 bits per heavy atom. The number of hydrogen-bond acceptors (Lipinski definition) is 4. The Bertz CT molecular complexity index is 821. The van der Waals surface area contributed by atoms with Crippen molar-refractivity contribution in [2.24, 2.45) is 0 Å². The van der Waals surface area contributed by atoms with E-state index in [1.807, 2.05) is 12.1 Å². The van der Waals surface area contributed by atoms with Gasteiger partial charge in [-0.25, -0.2) is 13.1 Å². The monoisotopic (exact) mass is 367 g/mol. The van der Waals surface area contributed by atoms with E-state index in [4.69, 9.17) is 21.1 Å². The molecule has 1 aliphatic rings. The van der Waals surface area contributed by atoms with Crippen LogP contribution in [0, 0.1) is 0 Å². The van der Waals surface area contributed by atoms with Gasteiger partial charge in [-0.2, -0.15) is 0 Å². The Morgan fingerprint density at radius 3 is 2.46 bits per heavy atom. The molecule has 128 valence electrons. The first-order valence-electron chi connectivity index (χ1n) is 7.57. The molecule has 1 heterocycles. The zero-order chi connectivity index (χ0) is 17.2. The van der Waals surface area contributed by atoms with E-state index in [-0.39, 0.29) is 11.8 Å². The smallest absolute Gasteiger partial charge is 0.216 e. The fourth-order valence-electron chi connectivity index (χ4n) is 2.51. The highest BCUT2D eigenvalue weighted by Crippen LogP contribution is 2.32. The highest BCUT2D eigenvalue weighted by Gasteiger charge is 2.19. The molecular formula is C17H18ClNO4S. The predicted molar refractivity (Wildman–Crippen MR) is 93.1 cm³/mol. The minimum atomic E-state index is -3.48. The lowest BCUT2D eigenvalue weighted by Gasteiger charge is -2.21. The number of ether oxygens (including phenoxy) is 2. The zero-order valence-electron chi connectivity index (χ0n) is 13.2. The quantitative estimate of drug-likeness (QED) is 0.880. The van der Waals surface area contributed by atoms with Crippen molar-refractivity contribution in [2.45, 2.75) is 18.7 Å². The van der Waals surface area contributed by atoms with Crippen molar-refractivity contribution in [3.8, 4) is 11.5 Å². The van der Waals surface area contributed by atoms with Crippen LogP contribution in [-0.4, -0.2) is 21.6 Å². The predicted octanol–water partition coefficient (Wildman–Crippen LogP) is 3.29. The molecule has 2 aromatic rings. The minimum absolute atomic E-state index is 0.0982. The van der Waals surface area contributed by atoms with Crippen molar-refractivity contribution in [2.75, 3.05) is 13.2 Å². The molecule has 1 N–H and O–H groups in total. The summed E-state index contributed by atoms with van der Waals surface area (Å²) in [6, 6.07) is 11.8. The summed E-state index contributed by atoms with van der Waals surface area (Å²) in [5.74, 6) is 1.22. The van der Waals surface area contributed by atoms with E-state index in [0.717, 1.165) is 5.56 Å². The van der Waals surface area contributed by atoms with E-state index in [0.29, 0.717) is 35.3 Å². The van der Waals surface area contributed by atoms with E-state index >= 15 is 0 Å². The number of sulfonamides is 1. The minimum Gasteiger partial charge on any atom is -0.486 e. The second kappa shape index (κ2) is 7.01. The van der Waals surface area contributed by atoms with E-state index < -0.39 is 10.0 Å². The molecule has 7 heteroatoms. The number of hydrogen-bond donors (Lipinski definition) is 1. The van der Waals surface area contributed by atoms with Crippen LogP contribution in [-0.2, 0) is 15.8 Å². The molecule has 1 atom stereocenters. The fraction of sp³-hybridized carbons (Fsp3) is 0.294. The molecule has 24 heavy (non-hydrogen) atoms. The standard InChI is InChI=1S/C17H18ClNO4S/c1-12(14-4-7-16-17(10-14)23-9-8-22-16)19-24(20,21)11-13-2-5-15(18)6-3-13/h2-7,10,12,19H,8-9,11H2,1H3/t12-/m1/s1. The lowest BCUT2D eigenvalue weighted by atomic mass is 10.1. The third-order valence-electron chi connectivity index (χ3n) is 3.69. The maximum atomic E-state index is 12.4. The molecule has 0 spiro atoms. The van der Waals surface area contributed by atoms with Gasteiger partial charge < -0.3 is 9.47 Å². The first-order chi connectivity index (χ1) is 11.4. The van der Waals surface area contributed by atoms with E-state index in [2.05, 4.69) is 4.72 Å². The summed E-state index contributed by atoms with van der Waals surface area (Å²) < 4.78 is 38.4. The van der Waals surface area contributed by atoms with Crippen LogP contribution in [0.15, 0.2) is 42.5 Å². The number of halogens is 1. The summed E-state index contributed by atoms with van der Waals surface area (Å²) in [5.41, 5.74) is 1.50. The highest BCUT2D eigenvalue weighted by molar-refractivity contribution is 7.88. The largest absolute Gasteiger partial charge is 0.486 e. The molecule has 0 saturated heterocycles. The van der Waals surface area contributed by atoms with Crippen LogP contribution >= 0.6 is 11.6 Å². The summed E-state index contributed by atoms with van der Waals surface area (Å²) in [6.07, 6.45) is 0. The Hall–Kier alpha value is -1.76. The van der Waals surface area contributed by atoms with E-state index in [9.17, 15) is 8.42 Å². The lowest BCUT2D eigenvalue weighted by molar-refractivity contribution is 0.171. The zero-order valence-corrected chi connectivity index (χ0v) is 14.7. The molecule has 1 aliphatic heterocycles. The van der Waals surface area contributed by atoms with Crippen molar-refractivity contribution in [1.82, 2.24) is 4.72 Å². The van der Waals surface area contributed by atoms with Crippen LogP contribution in [0.25, 0.3) is 0 Å². The summed E-state index contributed by atoms with van der Waals surface area (Å²) in [6.45, 7) is 2.81. The van der Waals surface area contributed by atoms with Gasteiger partial charge in [0.1, 0.15) is 13.2 Å². The second-order valence-electron chi connectivity index (χ2n) is 5.63. The molecule has 3 rings (SSSR count). The lowest BCUT2D eigenvalue weighted by Crippen LogP contribution is -2.28. The molecule has 5 nitrogen and oxygen atoms in total. The van der Waals surface area contributed by atoms with Crippen molar-refractivity contribution in [3.63, 3.8) is 0 Å². The molecule has 0 fully saturated rings.